The van der Waals surface area contributed by atoms with E-state index in [0.717, 1.165) is 24.7 Å². The number of likely N-dealkylation sites (N-methyl/N-ethyl adjacent to an activating group) is 1. The summed E-state index contributed by atoms with van der Waals surface area (Å²) in [7, 11) is 4.14. The van der Waals surface area contributed by atoms with E-state index in [1.54, 1.807) is 0 Å². The molecule has 0 fully saturated rings. The standard InChI is InChI=1S/C18H24FN3O/c1-22(2)10-9-14-3-5-15(6-4-14)11-20-13-18(23)17-8-7-16(19)12-21-17/h3-8,12,18,20,23H,9-11,13H2,1-2H3. The van der Waals surface area contributed by atoms with E-state index in [2.05, 4.69) is 53.6 Å². The number of aliphatic hydroxyl groups is 1. The molecule has 0 saturated heterocycles. The van der Waals surface area contributed by atoms with Crippen LogP contribution in [0.4, 0.5) is 4.39 Å². The molecule has 2 rings (SSSR count). The van der Waals surface area contributed by atoms with Gasteiger partial charge in [0.1, 0.15) is 11.9 Å². The normalized spacial score (nSPS) is 12.6. The highest BCUT2D eigenvalue weighted by Gasteiger charge is 2.08. The molecule has 1 aromatic carbocycles. The van der Waals surface area contributed by atoms with Gasteiger partial charge in [0, 0.05) is 19.6 Å². The second-order valence-electron chi connectivity index (χ2n) is 5.92. The summed E-state index contributed by atoms with van der Waals surface area (Å²) in [6, 6.07) is 11.3. The van der Waals surface area contributed by atoms with Crippen molar-refractivity contribution in [2.24, 2.45) is 0 Å². The third-order valence-electron chi connectivity index (χ3n) is 3.63. The Labute approximate surface area is 137 Å². The Balaban J connectivity index is 1.76. The molecule has 4 nitrogen and oxygen atoms in total. The van der Waals surface area contributed by atoms with Crippen LogP contribution in [0.5, 0.6) is 0 Å². The lowest BCUT2D eigenvalue weighted by atomic mass is 10.1. The van der Waals surface area contributed by atoms with Gasteiger partial charge >= 0.3 is 0 Å². The molecular formula is C18H24FN3O. The van der Waals surface area contributed by atoms with Gasteiger partial charge in [0.2, 0.25) is 0 Å². The Kier molecular flexibility index (Phi) is 6.65. The summed E-state index contributed by atoms with van der Waals surface area (Å²) in [4.78, 5) is 6.05. The number of nitrogens with zero attached hydrogens (tertiary/aromatic N) is 2. The Hall–Kier alpha value is -1.82. The summed E-state index contributed by atoms with van der Waals surface area (Å²) in [5.74, 6) is -0.400. The Morgan fingerprint density at radius 3 is 2.43 bits per heavy atom. The van der Waals surface area contributed by atoms with Crippen molar-refractivity contribution in [3.8, 4) is 0 Å². The van der Waals surface area contributed by atoms with Crippen LogP contribution >= 0.6 is 0 Å². The zero-order valence-corrected chi connectivity index (χ0v) is 13.7. The zero-order chi connectivity index (χ0) is 16.7. The summed E-state index contributed by atoms with van der Waals surface area (Å²) >= 11 is 0. The van der Waals surface area contributed by atoms with Gasteiger partial charge in [-0.2, -0.15) is 0 Å². The highest BCUT2D eigenvalue weighted by Crippen LogP contribution is 2.10. The van der Waals surface area contributed by atoms with E-state index in [9.17, 15) is 9.50 Å². The lowest BCUT2D eigenvalue weighted by Gasteiger charge is -2.12. The summed E-state index contributed by atoms with van der Waals surface area (Å²) in [5, 5.41) is 13.2. The molecule has 5 heteroatoms. The molecular weight excluding hydrogens is 293 g/mol. The van der Waals surface area contributed by atoms with Crippen molar-refractivity contribution in [1.82, 2.24) is 15.2 Å². The summed E-state index contributed by atoms with van der Waals surface area (Å²) < 4.78 is 12.8. The number of hydrogen-bond donors (Lipinski definition) is 2. The van der Waals surface area contributed by atoms with Crippen LogP contribution in [0.2, 0.25) is 0 Å². The van der Waals surface area contributed by atoms with Crippen molar-refractivity contribution in [3.05, 3.63) is 65.2 Å². The number of aliphatic hydroxyl groups excluding tert-OH is 1. The van der Waals surface area contributed by atoms with Crippen LogP contribution in [0.3, 0.4) is 0 Å². The smallest absolute Gasteiger partial charge is 0.141 e. The van der Waals surface area contributed by atoms with Crippen molar-refractivity contribution >= 4 is 0 Å². The molecule has 0 saturated carbocycles. The number of rotatable bonds is 8. The molecule has 0 aliphatic rings. The van der Waals surface area contributed by atoms with E-state index in [1.807, 2.05) is 0 Å². The SMILES string of the molecule is CN(C)CCc1ccc(CNCC(O)c2ccc(F)cn2)cc1. The summed E-state index contributed by atoms with van der Waals surface area (Å²) in [6.45, 7) is 2.09. The van der Waals surface area contributed by atoms with Gasteiger partial charge in [-0.05, 0) is 43.8 Å². The van der Waals surface area contributed by atoms with Gasteiger partial charge in [-0.1, -0.05) is 24.3 Å². The number of benzene rings is 1. The number of halogens is 1. The van der Waals surface area contributed by atoms with E-state index >= 15 is 0 Å². The van der Waals surface area contributed by atoms with Crippen molar-refractivity contribution in [2.45, 2.75) is 19.1 Å². The van der Waals surface area contributed by atoms with E-state index in [0.29, 0.717) is 18.8 Å². The fourth-order valence-corrected chi connectivity index (χ4v) is 2.22. The van der Waals surface area contributed by atoms with Crippen LogP contribution in [0.15, 0.2) is 42.6 Å². The first-order chi connectivity index (χ1) is 11.0. The number of pyridine rings is 1. The average molecular weight is 317 g/mol. The van der Waals surface area contributed by atoms with E-state index < -0.39 is 11.9 Å². The quantitative estimate of drug-likeness (QED) is 0.783. The van der Waals surface area contributed by atoms with E-state index in [-0.39, 0.29) is 0 Å². The summed E-state index contributed by atoms with van der Waals surface area (Å²) in [6.07, 6.45) is 1.41. The van der Waals surface area contributed by atoms with Crippen LogP contribution in [0.25, 0.3) is 0 Å². The lowest BCUT2D eigenvalue weighted by molar-refractivity contribution is 0.169. The lowest BCUT2D eigenvalue weighted by Crippen LogP contribution is -2.21. The minimum absolute atomic E-state index is 0.376. The highest BCUT2D eigenvalue weighted by atomic mass is 19.1. The third kappa shape index (κ3) is 6.06. The minimum atomic E-state index is -0.741. The van der Waals surface area contributed by atoms with E-state index in [4.69, 9.17) is 0 Å². The first-order valence-corrected chi connectivity index (χ1v) is 7.77. The first-order valence-electron chi connectivity index (χ1n) is 7.77. The highest BCUT2D eigenvalue weighted by molar-refractivity contribution is 5.22. The topological polar surface area (TPSA) is 48.4 Å². The second kappa shape index (κ2) is 8.72. The van der Waals surface area contributed by atoms with Gasteiger partial charge < -0.3 is 15.3 Å². The fourth-order valence-electron chi connectivity index (χ4n) is 2.22. The first kappa shape index (κ1) is 17.5. The predicted molar refractivity (Wildman–Crippen MR) is 89.6 cm³/mol. The molecule has 2 aromatic rings. The fraction of sp³-hybridized carbons (Fsp3) is 0.389. The molecule has 0 bridgehead atoms. The molecule has 1 atom stereocenters. The molecule has 1 unspecified atom stereocenters. The predicted octanol–water partition coefficient (Wildman–Crippen LogP) is 2.15. The molecule has 1 aromatic heterocycles. The van der Waals surface area contributed by atoms with Crippen LogP contribution in [0, 0.1) is 5.82 Å². The van der Waals surface area contributed by atoms with Crippen molar-refractivity contribution in [1.29, 1.82) is 0 Å². The maximum atomic E-state index is 12.8. The molecule has 23 heavy (non-hydrogen) atoms. The Bertz CT molecular complexity index is 584. The Morgan fingerprint density at radius 2 is 1.83 bits per heavy atom. The largest absolute Gasteiger partial charge is 0.385 e. The maximum absolute atomic E-state index is 12.8. The number of nitrogens with one attached hydrogen (secondary N) is 1. The average Bonchev–Trinajstić information content (AvgIpc) is 2.54. The van der Waals surface area contributed by atoms with Crippen molar-refractivity contribution in [2.75, 3.05) is 27.2 Å². The van der Waals surface area contributed by atoms with Gasteiger partial charge in [-0.25, -0.2) is 4.39 Å². The van der Waals surface area contributed by atoms with Gasteiger partial charge in [0.15, 0.2) is 0 Å². The van der Waals surface area contributed by atoms with Crippen LogP contribution in [-0.4, -0.2) is 42.2 Å². The van der Waals surface area contributed by atoms with E-state index in [1.165, 1.54) is 17.7 Å². The molecule has 0 radical (unpaired) electrons. The van der Waals surface area contributed by atoms with Gasteiger partial charge in [0.25, 0.3) is 0 Å². The van der Waals surface area contributed by atoms with Crippen LogP contribution < -0.4 is 5.32 Å². The van der Waals surface area contributed by atoms with Crippen LogP contribution in [-0.2, 0) is 13.0 Å². The van der Waals surface area contributed by atoms with Crippen LogP contribution in [0.1, 0.15) is 22.9 Å². The molecule has 0 amide bonds. The zero-order valence-electron chi connectivity index (χ0n) is 13.7. The molecule has 124 valence electrons. The summed E-state index contributed by atoms with van der Waals surface area (Å²) in [5.41, 5.74) is 2.95. The molecule has 1 heterocycles. The van der Waals surface area contributed by atoms with Gasteiger partial charge in [-0.3, -0.25) is 4.98 Å². The van der Waals surface area contributed by atoms with Crippen molar-refractivity contribution < 1.29 is 9.50 Å². The molecule has 2 N–H and O–H groups in total. The van der Waals surface area contributed by atoms with Gasteiger partial charge in [-0.15, -0.1) is 0 Å². The number of hydrogen-bond acceptors (Lipinski definition) is 4. The third-order valence-corrected chi connectivity index (χ3v) is 3.63. The second-order valence-corrected chi connectivity index (χ2v) is 5.92. The van der Waals surface area contributed by atoms with Gasteiger partial charge in [0.05, 0.1) is 11.9 Å². The Morgan fingerprint density at radius 1 is 1.13 bits per heavy atom. The van der Waals surface area contributed by atoms with Crippen molar-refractivity contribution in [3.63, 3.8) is 0 Å². The monoisotopic (exact) mass is 317 g/mol. The molecule has 0 spiro atoms. The molecule has 0 aliphatic carbocycles. The molecule has 0 aliphatic heterocycles. The minimum Gasteiger partial charge on any atom is -0.385 e. The maximum Gasteiger partial charge on any atom is 0.141 e. The number of aromatic nitrogens is 1.